The zero-order chi connectivity index (χ0) is 10.2. The third kappa shape index (κ3) is 1.66. The van der Waals surface area contributed by atoms with Crippen molar-refractivity contribution in [2.45, 2.75) is 5.83 Å². The lowest BCUT2D eigenvalue weighted by Gasteiger charge is -1.98. The molecule has 11 heavy (non-hydrogen) atoms. The van der Waals surface area contributed by atoms with Crippen LogP contribution in [0.5, 0.6) is 0 Å². The van der Waals surface area contributed by atoms with Gasteiger partial charge in [-0.25, -0.2) is 13.2 Å². The summed E-state index contributed by atoms with van der Waals surface area (Å²) in [4.78, 5) is 0. The van der Waals surface area contributed by atoms with Crippen LogP contribution in [0.4, 0.5) is 13.2 Å². The van der Waals surface area contributed by atoms with Crippen molar-refractivity contribution in [3.8, 4) is 0 Å². The van der Waals surface area contributed by atoms with Crippen LogP contribution < -0.4 is 0 Å². The summed E-state index contributed by atoms with van der Waals surface area (Å²) >= 11 is 5.09. The summed E-state index contributed by atoms with van der Waals surface area (Å²) in [6.07, 6.45) is 0. The zero-order valence-corrected chi connectivity index (χ0v) is 5.92. The molecule has 0 nitrogen and oxygen atoms in total. The minimum Gasteiger partial charge on any atom is -0.207 e. The molecule has 0 aliphatic carbocycles. The highest BCUT2D eigenvalue weighted by molar-refractivity contribution is 6.17. The standard InChI is InChI=1S/C7H4ClF3/c8-3-4-1-6(10)7(11)2-5(4)9/h1-2H,3H2/i3D2. The molecule has 0 saturated heterocycles. The van der Waals surface area contributed by atoms with Crippen molar-refractivity contribution in [2.24, 2.45) is 0 Å². The summed E-state index contributed by atoms with van der Waals surface area (Å²) in [6, 6.07) is 0.655. The van der Waals surface area contributed by atoms with Gasteiger partial charge >= 0.3 is 0 Å². The molecule has 0 amide bonds. The molecule has 0 aliphatic heterocycles. The Morgan fingerprint density at radius 3 is 2.27 bits per heavy atom. The molecule has 0 atom stereocenters. The van der Waals surface area contributed by atoms with E-state index in [1.165, 1.54) is 0 Å². The molecule has 0 aliphatic rings. The van der Waals surface area contributed by atoms with Crippen molar-refractivity contribution >= 4 is 11.6 Å². The van der Waals surface area contributed by atoms with E-state index in [9.17, 15) is 13.2 Å². The van der Waals surface area contributed by atoms with Crippen LogP contribution in [0.1, 0.15) is 8.30 Å². The molecule has 60 valence electrons. The molecule has 0 saturated carbocycles. The van der Waals surface area contributed by atoms with E-state index >= 15 is 0 Å². The van der Waals surface area contributed by atoms with E-state index in [2.05, 4.69) is 0 Å². The van der Waals surface area contributed by atoms with Crippen LogP contribution in [0.3, 0.4) is 0 Å². The molecule has 0 bridgehead atoms. The highest BCUT2D eigenvalue weighted by Gasteiger charge is 2.07. The predicted molar refractivity (Wildman–Crippen MR) is 35.9 cm³/mol. The first-order valence-electron chi connectivity index (χ1n) is 3.66. The SMILES string of the molecule is [2H]C([2H])(Cl)c1cc(F)c(F)cc1F. The van der Waals surface area contributed by atoms with Gasteiger partial charge < -0.3 is 0 Å². The second-order valence-corrected chi connectivity index (χ2v) is 2.03. The van der Waals surface area contributed by atoms with Gasteiger partial charge in [-0.3, -0.25) is 0 Å². The van der Waals surface area contributed by atoms with Gasteiger partial charge in [-0.2, -0.15) is 0 Å². The van der Waals surface area contributed by atoms with E-state index in [4.69, 9.17) is 14.3 Å². The molecule has 0 fully saturated rings. The Kier molecular flexibility index (Phi) is 1.68. The Morgan fingerprint density at radius 2 is 1.73 bits per heavy atom. The first-order valence-corrected chi connectivity index (χ1v) is 3.04. The van der Waals surface area contributed by atoms with Crippen molar-refractivity contribution in [3.63, 3.8) is 0 Å². The minimum atomic E-state index is -2.54. The first kappa shape index (κ1) is 5.89. The molecule has 0 heterocycles. The van der Waals surface area contributed by atoms with E-state index in [1.807, 2.05) is 0 Å². The van der Waals surface area contributed by atoms with Crippen LogP contribution in [0.15, 0.2) is 12.1 Å². The zero-order valence-electron chi connectivity index (χ0n) is 7.17. The number of halogens is 4. The summed E-state index contributed by atoms with van der Waals surface area (Å²) in [5, 5.41) is 0. The van der Waals surface area contributed by atoms with Crippen LogP contribution in [0.25, 0.3) is 0 Å². The Morgan fingerprint density at radius 1 is 1.18 bits per heavy atom. The maximum absolute atomic E-state index is 12.8. The van der Waals surface area contributed by atoms with Crippen molar-refractivity contribution in [1.82, 2.24) is 0 Å². The molecular formula is C7H4ClF3. The van der Waals surface area contributed by atoms with Crippen LogP contribution in [0, 0.1) is 17.5 Å². The van der Waals surface area contributed by atoms with Crippen molar-refractivity contribution in [2.75, 3.05) is 0 Å². The second-order valence-electron chi connectivity index (χ2n) is 1.84. The summed E-state index contributed by atoms with van der Waals surface area (Å²) in [6.45, 7) is 0. The fraction of sp³-hybridized carbons (Fsp3) is 0.143. The van der Waals surface area contributed by atoms with Crippen LogP contribution in [0.2, 0.25) is 0 Å². The number of benzene rings is 1. The fourth-order valence-corrected chi connectivity index (χ4v) is 0.740. The van der Waals surface area contributed by atoms with Crippen molar-refractivity contribution in [1.29, 1.82) is 0 Å². The number of hydrogen-bond acceptors (Lipinski definition) is 0. The highest BCUT2D eigenvalue weighted by atomic mass is 35.5. The average Bonchev–Trinajstić information content (AvgIpc) is 1.94. The normalized spacial score (nSPS) is 14.2. The molecule has 1 rings (SSSR count). The summed E-state index contributed by atoms with van der Waals surface area (Å²) in [7, 11) is 0. The molecule has 0 radical (unpaired) electrons. The molecular weight excluding hydrogens is 177 g/mol. The quantitative estimate of drug-likeness (QED) is 0.463. The van der Waals surface area contributed by atoms with E-state index in [1.54, 1.807) is 0 Å². The lowest BCUT2D eigenvalue weighted by molar-refractivity contribution is 0.492. The molecule has 1 aromatic carbocycles. The van der Waals surface area contributed by atoms with Gasteiger partial charge in [-0.05, 0) is 6.07 Å². The van der Waals surface area contributed by atoms with Crippen molar-refractivity contribution in [3.05, 3.63) is 35.1 Å². The van der Waals surface area contributed by atoms with Crippen LogP contribution in [-0.4, -0.2) is 0 Å². The molecule has 4 heteroatoms. The lowest BCUT2D eigenvalue weighted by atomic mass is 10.2. The number of hydrogen-bond donors (Lipinski definition) is 0. The Hall–Kier alpha value is -0.700. The van der Waals surface area contributed by atoms with E-state index in [0.717, 1.165) is 0 Å². The van der Waals surface area contributed by atoms with E-state index in [0.29, 0.717) is 6.07 Å². The summed E-state index contributed by atoms with van der Waals surface area (Å²) in [5.74, 6) is -6.46. The molecule has 0 N–H and O–H groups in total. The number of alkyl halides is 1. The fourth-order valence-electron chi connectivity index (χ4n) is 0.595. The molecule has 1 aromatic rings. The Bertz CT molecular complexity index is 335. The third-order valence-corrected chi connectivity index (χ3v) is 1.32. The average molecular weight is 183 g/mol. The maximum Gasteiger partial charge on any atom is 0.161 e. The number of rotatable bonds is 1. The lowest BCUT2D eigenvalue weighted by Crippen LogP contribution is -1.92. The summed E-state index contributed by atoms with van der Waals surface area (Å²) < 4.78 is 51.5. The van der Waals surface area contributed by atoms with E-state index < -0.39 is 28.8 Å². The molecule has 0 spiro atoms. The second kappa shape index (κ2) is 3.13. The minimum absolute atomic E-state index is 0.255. The van der Waals surface area contributed by atoms with Gasteiger partial charge in [0.2, 0.25) is 0 Å². The largest absolute Gasteiger partial charge is 0.207 e. The maximum atomic E-state index is 12.8. The molecule has 0 aromatic heterocycles. The van der Waals surface area contributed by atoms with Gasteiger partial charge in [0.05, 0.1) is 5.83 Å². The Labute approximate surface area is 69.4 Å². The predicted octanol–water partition coefficient (Wildman–Crippen LogP) is 2.84. The van der Waals surface area contributed by atoms with Crippen molar-refractivity contribution < 1.29 is 15.9 Å². The van der Waals surface area contributed by atoms with Gasteiger partial charge in [-0.1, -0.05) is 0 Å². The van der Waals surface area contributed by atoms with Gasteiger partial charge in [0.25, 0.3) is 0 Å². The highest BCUT2D eigenvalue weighted by Crippen LogP contribution is 2.14. The topological polar surface area (TPSA) is 0 Å². The van der Waals surface area contributed by atoms with Gasteiger partial charge in [0, 0.05) is 14.4 Å². The monoisotopic (exact) mass is 182 g/mol. The van der Waals surface area contributed by atoms with E-state index in [-0.39, 0.29) is 6.07 Å². The van der Waals surface area contributed by atoms with Gasteiger partial charge in [0.15, 0.2) is 11.6 Å². The Balaban J connectivity index is 3.32. The third-order valence-electron chi connectivity index (χ3n) is 1.11. The van der Waals surface area contributed by atoms with Crippen LogP contribution in [-0.2, 0) is 5.83 Å². The molecule has 0 unspecified atom stereocenters. The first-order chi connectivity index (χ1) is 5.82. The smallest absolute Gasteiger partial charge is 0.161 e. The van der Waals surface area contributed by atoms with Gasteiger partial charge in [0.1, 0.15) is 5.82 Å². The van der Waals surface area contributed by atoms with Crippen LogP contribution >= 0.6 is 11.6 Å². The van der Waals surface area contributed by atoms with Gasteiger partial charge in [-0.15, -0.1) is 11.6 Å². The summed E-state index contributed by atoms with van der Waals surface area (Å²) in [5.41, 5.74) is -0.715.